The molecule has 1 fully saturated rings. The lowest BCUT2D eigenvalue weighted by molar-refractivity contribution is -0.156. The summed E-state index contributed by atoms with van der Waals surface area (Å²) in [6.07, 6.45) is 1.10. The molecule has 0 saturated carbocycles. The number of carbonyl (C=O) groups excluding carboxylic acids is 2. The van der Waals surface area contributed by atoms with E-state index in [1.54, 1.807) is 6.92 Å². The van der Waals surface area contributed by atoms with Gasteiger partial charge in [0.1, 0.15) is 0 Å². The van der Waals surface area contributed by atoms with Crippen LogP contribution >= 0.6 is 0 Å². The first kappa shape index (κ1) is 18.4. The molecule has 2 unspecified atom stereocenters. The van der Waals surface area contributed by atoms with E-state index in [0.717, 1.165) is 18.9 Å². The van der Waals surface area contributed by atoms with Gasteiger partial charge in [0.2, 0.25) is 0 Å². The van der Waals surface area contributed by atoms with Gasteiger partial charge >= 0.3 is 5.97 Å². The third kappa shape index (κ3) is 5.01. The first-order chi connectivity index (χ1) is 11.5. The van der Waals surface area contributed by atoms with Crippen LogP contribution in [0.5, 0.6) is 5.75 Å². The molecule has 0 radical (unpaired) electrons. The van der Waals surface area contributed by atoms with Crippen molar-refractivity contribution in [2.75, 3.05) is 26.9 Å². The van der Waals surface area contributed by atoms with Crippen LogP contribution in [-0.4, -0.2) is 50.9 Å². The molecule has 1 aromatic carbocycles. The Bertz CT molecular complexity index is 582. The molecule has 1 saturated heterocycles. The molecule has 0 bridgehead atoms. The van der Waals surface area contributed by atoms with Crippen molar-refractivity contribution in [1.29, 1.82) is 0 Å². The number of halogens is 1. The summed E-state index contributed by atoms with van der Waals surface area (Å²) < 4.78 is 34.1. The van der Waals surface area contributed by atoms with Crippen LogP contribution in [0.2, 0.25) is 0 Å². The van der Waals surface area contributed by atoms with E-state index in [4.69, 9.17) is 18.9 Å². The van der Waals surface area contributed by atoms with Gasteiger partial charge in [0.15, 0.2) is 30.1 Å². The van der Waals surface area contributed by atoms with Crippen LogP contribution in [-0.2, 0) is 19.0 Å². The van der Waals surface area contributed by atoms with Gasteiger partial charge in [-0.2, -0.15) is 0 Å². The zero-order chi connectivity index (χ0) is 17.5. The number of carbonyl (C=O) groups is 2. The second kappa shape index (κ2) is 8.75. The van der Waals surface area contributed by atoms with Gasteiger partial charge in [-0.05, 0) is 38.0 Å². The minimum absolute atomic E-state index is 0.00385. The molecule has 1 aliphatic heterocycles. The minimum atomic E-state index is -0.797. The maximum absolute atomic E-state index is 13.6. The summed E-state index contributed by atoms with van der Waals surface area (Å²) in [4.78, 5) is 23.8. The first-order valence-electron chi connectivity index (χ1n) is 7.78. The van der Waals surface area contributed by atoms with Crippen molar-refractivity contribution < 1.29 is 32.9 Å². The molecule has 0 aliphatic carbocycles. The van der Waals surface area contributed by atoms with Crippen molar-refractivity contribution >= 4 is 11.8 Å². The molecule has 6 nitrogen and oxygen atoms in total. The maximum atomic E-state index is 13.6. The summed E-state index contributed by atoms with van der Waals surface area (Å²) in [6, 6.07) is 3.81. The third-order valence-electron chi connectivity index (χ3n) is 3.71. The summed E-state index contributed by atoms with van der Waals surface area (Å²) in [5.41, 5.74) is 0.106. The van der Waals surface area contributed by atoms with Gasteiger partial charge in [-0.3, -0.25) is 4.79 Å². The number of esters is 1. The molecule has 1 aliphatic rings. The van der Waals surface area contributed by atoms with Gasteiger partial charge in [0.25, 0.3) is 0 Å². The molecule has 0 amide bonds. The van der Waals surface area contributed by atoms with E-state index in [2.05, 4.69) is 0 Å². The lowest BCUT2D eigenvalue weighted by atomic mass is 10.1. The number of benzene rings is 1. The van der Waals surface area contributed by atoms with Crippen molar-refractivity contribution in [3.63, 3.8) is 0 Å². The largest absolute Gasteiger partial charge is 0.494 e. The van der Waals surface area contributed by atoms with Crippen molar-refractivity contribution in [2.24, 2.45) is 0 Å². The highest BCUT2D eigenvalue weighted by Gasteiger charge is 2.21. The molecule has 1 heterocycles. The zero-order valence-electron chi connectivity index (χ0n) is 13.7. The Balaban J connectivity index is 1.77. The molecular formula is C17H21FO6. The molecule has 2 rings (SSSR count). The predicted octanol–water partition coefficient (Wildman–Crippen LogP) is 2.14. The van der Waals surface area contributed by atoms with Gasteiger partial charge < -0.3 is 18.9 Å². The summed E-state index contributed by atoms with van der Waals surface area (Å²) in [5.74, 6) is -1.76. The smallest absolute Gasteiger partial charge is 0.335 e. The quantitative estimate of drug-likeness (QED) is 0.533. The Kier molecular flexibility index (Phi) is 6.69. The topological polar surface area (TPSA) is 71.1 Å². The summed E-state index contributed by atoms with van der Waals surface area (Å²) >= 11 is 0. The fraction of sp³-hybridized carbons (Fsp3) is 0.529. The number of ketones is 1. The Labute approximate surface area is 139 Å². The fourth-order valence-electron chi connectivity index (χ4n) is 2.27. The van der Waals surface area contributed by atoms with Gasteiger partial charge in [-0.25, -0.2) is 9.18 Å². The number of hydrogen-bond donors (Lipinski definition) is 0. The second-order valence-corrected chi connectivity index (χ2v) is 5.49. The van der Waals surface area contributed by atoms with E-state index >= 15 is 0 Å². The van der Waals surface area contributed by atoms with Gasteiger partial charge in [0.05, 0.1) is 19.8 Å². The van der Waals surface area contributed by atoms with E-state index in [9.17, 15) is 14.0 Å². The highest BCUT2D eigenvalue weighted by Crippen LogP contribution is 2.18. The standard InChI is InChI=1S/C17H21FO6/c1-11(23-9-13-4-3-7-22-13)17(20)24-10-15(19)12-5-6-16(21-2)14(18)8-12/h5-6,8,11,13H,3-4,7,9-10H2,1-2H3. The maximum Gasteiger partial charge on any atom is 0.335 e. The highest BCUT2D eigenvalue weighted by molar-refractivity contribution is 5.98. The fourth-order valence-corrected chi connectivity index (χ4v) is 2.27. The molecule has 0 spiro atoms. The van der Waals surface area contributed by atoms with Crippen LogP contribution in [0.15, 0.2) is 18.2 Å². The van der Waals surface area contributed by atoms with Crippen molar-refractivity contribution in [2.45, 2.75) is 32.0 Å². The molecule has 0 N–H and O–H groups in total. The van der Waals surface area contributed by atoms with Crippen LogP contribution < -0.4 is 4.74 Å². The Morgan fingerprint density at radius 1 is 1.42 bits per heavy atom. The summed E-state index contributed by atoms with van der Waals surface area (Å²) in [5, 5.41) is 0. The number of hydrogen-bond acceptors (Lipinski definition) is 6. The van der Waals surface area contributed by atoms with Crippen LogP contribution in [0.3, 0.4) is 0 Å². The first-order valence-corrected chi connectivity index (χ1v) is 7.78. The molecule has 0 aromatic heterocycles. The van der Waals surface area contributed by atoms with E-state index in [1.807, 2.05) is 0 Å². The number of Topliss-reactive ketones (excluding diaryl/α,β-unsaturated/α-hetero) is 1. The molecular weight excluding hydrogens is 319 g/mol. The van der Waals surface area contributed by atoms with E-state index in [1.165, 1.54) is 19.2 Å². The van der Waals surface area contributed by atoms with Gasteiger partial charge in [-0.15, -0.1) is 0 Å². The van der Waals surface area contributed by atoms with Crippen molar-refractivity contribution in [3.05, 3.63) is 29.6 Å². The van der Waals surface area contributed by atoms with Crippen LogP contribution in [0.1, 0.15) is 30.1 Å². The van der Waals surface area contributed by atoms with Crippen molar-refractivity contribution in [3.8, 4) is 5.75 Å². The molecule has 1 aromatic rings. The van der Waals surface area contributed by atoms with Crippen LogP contribution in [0.4, 0.5) is 4.39 Å². The molecule has 24 heavy (non-hydrogen) atoms. The van der Waals surface area contributed by atoms with Crippen LogP contribution in [0, 0.1) is 5.82 Å². The number of methoxy groups -OCH3 is 1. The van der Waals surface area contributed by atoms with E-state index < -0.39 is 30.3 Å². The normalized spacial score (nSPS) is 18.2. The Hall–Kier alpha value is -1.99. The van der Waals surface area contributed by atoms with Gasteiger partial charge in [-0.1, -0.05) is 0 Å². The lowest BCUT2D eigenvalue weighted by Gasteiger charge is -2.15. The molecule has 132 valence electrons. The number of rotatable bonds is 8. The van der Waals surface area contributed by atoms with Crippen LogP contribution in [0.25, 0.3) is 0 Å². The summed E-state index contributed by atoms with van der Waals surface area (Å²) in [7, 11) is 1.33. The third-order valence-corrected chi connectivity index (χ3v) is 3.71. The van der Waals surface area contributed by atoms with Gasteiger partial charge in [0, 0.05) is 12.2 Å². The average Bonchev–Trinajstić information content (AvgIpc) is 3.10. The SMILES string of the molecule is COc1ccc(C(=O)COC(=O)C(C)OCC2CCCO2)cc1F. The monoisotopic (exact) mass is 340 g/mol. The minimum Gasteiger partial charge on any atom is -0.494 e. The second-order valence-electron chi connectivity index (χ2n) is 5.49. The predicted molar refractivity (Wildman–Crippen MR) is 82.6 cm³/mol. The molecule has 2 atom stereocenters. The van der Waals surface area contributed by atoms with E-state index in [-0.39, 0.29) is 17.4 Å². The zero-order valence-corrected chi connectivity index (χ0v) is 13.7. The Morgan fingerprint density at radius 2 is 2.21 bits per heavy atom. The average molecular weight is 340 g/mol. The lowest BCUT2D eigenvalue weighted by Crippen LogP contribution is -2.28. The highest BCUT2D eigenvalue weighted by atomic mass is 19.1. The van der Waals surface area contributed by atoms with Crippen molar-refractivity contribution in [1.82, 2.24) is 0 Å². The number of ether oxygens (including phenoxy) is 4. The summed E-state index contributed by atoms with van der Waals surface area (Å²) in [6.45, 7) is 2.10. The van der Waals surface area contributed by atoms with E-state index in [0.29, 0.717) is 13.2 Å². The molecule has 7 heteroatoms. The Morgan fingerprint density at radius 3 is 2.83 bits per heavy atom.